The van der Waals surface area contributed by atoms with Crippen LogP contribution in [0.3, 0.4) is 0 Å². The van der Waals surface area contributed by atoms with Crippen molar-refractivity contribution in [3.8, 4) is 0 Å². The van der Waals surface area contributed by atoms with E-state index < -0.39 is 5.54 Å². The molecule has 3 N–H and O–H groups in total. The average molecular weight is 237 g/mol. The Hall–Kier alpha value is -1.55. The largest absolute Gasteiger partial charge is 0.403 e. The number of hydrogen-bond donors (Lipinski definition) is 2. The molecule has 0 saturated heterocycles. The van der Waals surface area contributed by atoms with Crippen molar-refractivity contribution in [2.75, 3.05) is 21.1 Å². The fraction of sp³-hybridized carbons (Fsp3) is 0.385. The lowest BCUT2D eigenvalue weighted by Gasteiger charge is -2.36. The molecule has 0 bridgehead atoms. The van der Waals surface area contributed by atoms with Gasteiger partial charge in [0, 0.05) is 20.3 Å². The van der Waals surface area contributed by atoms with Crippen LogP contribution in [0.2, 0.25) is 0 Å². The monoisotopic (exact) mass is 237 g/mol. The molecule has 0 aromatic heterocycles. The third-order valence-corrected chi connectivity index (χ3v) is 3.05. The van der Waals surface area contributed by atoms with Gasteiger partial charge in [0.05, 0.1) is 11.2 Å². The van der Waals surface area contributed by atoms with E-state index in [1.807, 2.05) is 39.0 Å². The van der Waals surface area contributed by atoms with Crippen molar-refractivity contribution >= 4 is 0 Å². The highest BCUT2D eigenvalue weighted by molar-refractivity contribution is 5.33. The Morgan fingerprint density at radius 2 is 2.12 bits per heavy atom. The zero-order valence-corrected chi connectivity index (χ0v) is 10.8. The van der Waals surface area contributed by atoms with Gasteiger partial charge in [-0.25, -0.2) is 4.39 Å². The number of benzene rings is 1. The Balaban J connectivity index is 3.29. The molecule has 0 spiro atoms. The lowest BCUT2D eigenvalue weighted by molar-refractivity contribution is 0.347. The number of halogens is 1. The van der Waals surface area contributed by atoms with Crippen LogP contribution in [0.15, 0.2) is 36.2 Å². The van der Waals surface area contributed by atoms with E-state index in [1.165, 1.54) is 12.1 Å². The predicted molar refractivity (Wildman–Crippen MR) is 68.8 cm³/mol. The maximum Gasteiger partial charge on any atom is 0.123 e. The van der Waals surface area contributed by atoms with Gasteiger partial charge in [-0.3, -0.25) is 0 Å². The summed E-state index contributed by atoms with van der Waals surface area (Å²) in [6.07, 6.45) is 1.54. The summed E-state index contributed by atoms with van der Waals surface area (Å²) < 4.78 is 13.3. The summed E-state index contributed by atoms with van der Waals surface area (Å²) in [5.74, 6) is -0.251. The molecule has 0 amide bonds. The molecular formula is C13H20FN3. The minimum Gasteiger partial charge on any atom is -0.403 e. The zero-order valence-electron chi connectivity index (χ0n) is 10.8. The van der Waals surface area contributed by atoms with E-state index in [0.29, 0.717) is 0 Å². The first kappa shape index (κ1) is 13.5. The third-order valence-electron chi connectivity index (χ3n) is 3.05. The molecule has 1 unspecified atom stereocenters. The van der Waals surface area contributed by atoms with Crippen LogP contribution < -0.4 is 11.1 Å². The van der Waals surface area contributed by atoms with E-state index in [1.54, 1.807) is 12.3 Å². The number of nitrogens with two attached hydrogens (primary N) is 1. The molecule has 0 aliphatic heterocycles. The van der Waals surface area contributed by atoms with Crippen molar-refractivity contribution < 1.29 is 4.39 Å². The van der Waals surface area contributed by atoms with Gasteiger partial charge in [-0.1, -0.05) is 12.1 Å². The Kier molecular flexibility index (Phi) is 4.12. The van der Waals surface area contributed by atoms with Gasteiger partial charge >= 0.3 is 0 Å². The van der Waals surface area contributed by atoms with Crippen molar-refractivity contribution in [3.05, 3.63) is 47.5 Å². The molecule has 4 heteroatoms. The average Bonchev–Trinajstić information content (AvgIpc) is 2.29. The molecule has 3 nitrogen and oxygen atoms in total. The van der Waals surface area contributed by atoms with Gasteiger partial charge in [0.1, 0.15) is 5.82 Å². The number of likely N-dealkylation sites (N-methyl/N-ethyl adjacent to an activating group) is 2. The maximum atomic E-state index is 13.3. The molecule has 0 aliphatic rings. The maximum absolute atomic E-state index is 13.3. The topological polar surface area (TPSA) is 41.3 Å². The van der Waals surface area contributed by atoms with E-state index in [4.69, 9.17) is 5.73 Å². The normalized spacial score (nSPS) is 15.5. The summed E-state index contributed by atoms with van der Waals surface area (Å²) in [6, 6.07) is 6.53. The van der Waals surface area contributed by atoms with Crippen molar-refractivity contribution in [2.45, 2.75) is 12.5 Å². The fourth-order valence-electron chi connectivity index (χ4n) is 1.98. The van der Waals surface area contributed by atoms with Crippen LogP contribution in [0.4, 0.5) is 4.39 Å². The Morgan fingerprint density at radius 3 is 2.53 bits per heavy atom. The highest BCUT2D eigenvalue weighted by Crippen LogP contribution is 2.29. The first-order valence-corrected chi connectivity index (χ1v) is 5.50. The van der Waals surface area contributed by atoms with Gasteiger partial charge in [-0.05, 0) is 31.7 Å². The highest BCUT2D eigenvalue weighted by Gasteiger charge is 2.30. The van der Waals surface area contributed by atoms with Crippen molar-refractivity contribution in [3.63, 3.8) is 0 Å². The van der Waals surface area contributed by atoms with Crippen LogP contribution in [-0.4, -0.2) is 26.0 Å². The van der Waals surface area contributed by atoms with Crippen LogP contribution in [-0.2, 0) is 5.54 Å². The molecular weight excluding hydrogens is 217 g/mol. The van der Waals surface area contributed by atoms with E-state index in [2.05, 4.69) is 5.32 Å². The second kappa shape index (κ2) is 5.19. The van der Waals surface area contributed by atoms with Crippen LogP contribution in [0.25, 0.3) is 0 Å². The Labute approximate surface area is 102 Å². The predicted octanol–water partition coefficient (Wildman–Crippen LogP) is 1.62. The van der Waals surface area contributed by atoms with Crippen LogP contribution >= 0.6 is 0 Å². The SMILES string of the molecule is CNC(C)(/C(=C/N)N(C)C)c1cccc(F)c1. The summed E-state index contributed by atoms with van der Waals surface area (Å²) in [5, 5.41) is 3.20. The van der Waals surface area contributed by atoms with Crippen molar-refractivity contribution in [1.82, 2.24) is 10.2 Å². The lowest BCUT2D eigenvalue weighted by Crippen LogP contribution is -2.43. The molecule has 1 atom stereocenters. The van der Waals surface area contributed by atoms with E-state index >= 15 is 0 Å². The first-order chi connectivity index (χ1) is 7.95. The van der Waals surface area contributed by atoms with Crippen molar-refractivity contribution in [2.24, 2.45) is 5.73 Å². The zero-order chi connectivity index (χ0) is 13.1. The minimum atomic E-state index is -0.514. The number of hydrogen-bond acceptors (Lipinski definition) is 3. The van der Waals surface area contributed by atoms with Crippen LogP contribution in [0.5, 0.6) is 0 Å². The summed E-state index contributed by atoms with van der Waals surface area (Å²) in [4.78, 5) is 1.92. The molecule has 0 aliphatic carbocycles. The molecule has 0 heterocycles. The Bertz CT molecular complexity index is 415. The quantitative estimate of drug-likeness (QED) is 0.836. The summed E-state index contributed by atoms with van der Waals surface area (Å²) >= 11 is 0. The van der Waals surface area contributed by atoms with Crippen LogP contribution in [0, 0.1) is 5.82 Å². The van der Waals surface area contributed by atoms with Gasteiger partial charge in [-0.2, -0.15) is 0 Å². The minimum absolute atomic E-state index is 0.251. The van der Waals surface area contributed by atoms with E-state index in [0.717, 1.165) is 11.3 Å². The number of nitrogens with zero attached hydrogens (tertiary/aromatic N) is 1. The van der Waals surface area contributed by atoms with Gasteiger partial charge in [-0.15, -0.1) is 0 Å². The first-order valence-electron chi connectivity index (χ1n) is 5.50. The van der Waals surface area contributed by atoms with Crippen molar-refractivity contribution in [1.29, 1.82) is 0 Å². The molecule has 17 heavy (non-hydrogen) atoms. The second-order valence-electron chi connectivity index (χ2n) is 4.33. The Morgan fingerprint density at radius 1 is 1.47 bits per heavy atom. The molecule has 1 aromatic carbocycles. The smallest absolute Gasteiger partial charge is 0.123 e. The van der Waals surface area contributed by atoms with Crippen LogP contribution in [0.1, 0.15) is 12.5 Å². The lowest BCUT2D eigenvalue weighted by atomic mass is 9.88. The third kappa shape index (κ3) is 2.58. The van der Waals surface area contributed by atoms with Gasteiger partial charge in [0.15, 0.2) is 0 Å². The summed E-state index contributed by atoms with van der Waals surface area (Å²) in [7, 11) is 5.65. The molecule has 94 valence electrons. The highest BCUT2D eigenvalue weighted by atomic mass is 19.1. The molecule has 1 aromatic rings. The second-order valence-corrected chi connectivity index (χ2v) is 4.33. The van der Waals surface area contributed by atoms with Gasteiger partial charge in [0.2, 0.25) is 0 Å². The molecule has 0 radical (unpaired) electrons. The van der Waals surface area contributed by atoms with E-state index in [-0.39, 0.29) is 5.82 Å². The summed E-state index contributed by atoms with van der Waals surface area (Å²) in [5.41, 5.74) is 6.88. The molecule has 0 saturated carbocycles. The van der Waals surface area contributed by atoms with Gasteiger partial charge < -0.3 is 16.0 Å². The van der Waals surface area contributed by atoms with Gasteiger partial charge in [0.25, 0.3) is 0 Å². The molecule has 0 fully saturated rings. The number of rotatable bonds is 4. The van der Waals surface area contributed by atoms with E-state index in [9.17, 15) is 4.39 Å². The number of nitrogens with one attached hydrogen (secondary N) is 1. The molecule has 1 rings (SSSR count). The fourth-order valence-corrected chi connectivity index (χ4v) is 1.98. The standard InChI is InChI=1S/C13H20FN3/c1-13(16-2,12(9-15)17(3)4)10-6-5-7-11(14)8-10/h5-9,16H,15H2,1-4H3/b12-9-. The summed E-state index contributed by atoms with van der Waals surface area (Å²) in [6.45, 7) is 1.97.